The van der Waals surface area contributed by atoms with Gasteiger partial charge in [0, 0.05) is 40.9 Å². The van der Waals surface area contributed by atoms with Crippen LogP contribution in [0.2, 0.25) is 0 Å². The fourth-order valence-corrected chi connectivity index (χ4v) is 4.09. The zero-order chi connectivity index (χ0) is 16.5. The minimum absolute atomic E-state index is 0.0837. The first-order valence-corrected chi connectivity index (χ1v) is 9.17. The molecule has 0 unspecified atom stereocenters. The summed E-state index contributed by atoms with van der Waals surface area (Å²) in [5, 5.41) is 16.0. The van der Waals surface area contributed by atoms with E-state index in [1.165, 1.54) is 27.4 Å². The van der Waals surface area contributed by atoms with Crippen molar-refractivity contribution in [2.45, 2.75) is 57.8 Å². The van der Waals surface area contributed by atoms with Gasteiger partial charge in [-0.2, -0.15) is 0 Å². The van der Waals surface area contributed by atoms with Crippen molar-refractivity contribution < 1.29 is 5.11 Å². The van der Waals surface area contributed by atoms with Crippen LogP contribution in [0.1, 0.15) is 38.2 Å². The molecule has 3 heteroatoms. The molecule has 0 spiro atoms. The summed E-state index contributed by atoms with van der Waals surface area (Å²) in [6.07, 6.45) is 3.94. The number of nitrogens with zero attached hydrogens (tertiary/aromatic N) is 1. The lowest BCUT2D eigenvalue weighted by Gasteiger charge is -2.26. The molecule has 1 fully saturated rings. The predicted molar refractivity (Wildman–Crippen MR) is 100 cm³/mol. The highest BCUT2D eigenvalue weighted by Gasteiger charge is 2.18. The summed E-state index contributed by atoms with van der Waals surface area (Å²) in [7, 11) is 0. The molecule has 1 aromatic heterocycles. The standard InChI is InChI=1S/C21H26N2O/c1-2-23-20-6-4-3-5-18(20)19-13-15(7-12-21(19)23)14-22-16-8-10-17(24)11-9-16/h3-7,12-13,16-17,22,24H,2,8-11,14H2,1H3. The van der Waals surface area contributed by atoms with Gasteiger partial charge in [0.05, 0.1) is 6.10 Å². The predicted octanol–water partition coefficient (Wildman–Crippen LogP) is 4.21. The van der Waals surface area contributed by atoms with Crippen LogP contribution < -0.4 is 5.32 Å². The number of hydrogen-bond acceptors (Lipinski definition) is 2. The number of aryl methyl sites for hydroxylation is 1. The van der Waals surface area contributed by atoms with Crippen LogP contribution in [-0.4, -0.2) is 21.8 Å². The number of aromatic nitrogens is 1. The third kappa shape index (κ3) is 2.83. The van der Waals surface area contributed by atoms with Crippen LogP contribution in [0.4, 0.5) is 0 Å². The average molecular weight is 322 g/mol. The Morgan fingerprint density at radius 3 is 2.54 bits per heavy atom. The molecule has 1 heterocycles. The van der Waals surface area contributed by atoms with E-state index in [4.69, 9.17) is 0 Å². The topological polar surface area (TPSA) is 37.2 Å². The van der Waals surface area contributed by atoms with E-state index >= 15 is 0 Å². The smallest absolute Gasteiger partial charge is 0.0541 e. The van der Waals surface area contributed by atoms with Gasteiger partial charge in [-0.3, -0.25) is 0 Å². The van der Waals surface area contributed by atoms with Crippen LogP contribution >= 0.6 is 0 Å². The van der Waals surface area contributed by atoms with E-state index in [9.17, 15) is 5.11 Å². The molecule has 4 rings (SSSR count). The van der Waals surface area contributed by atoms with Crippen LogP contribution in [0.15, 0.2) is 42.5 Å². The summed E-state index contributed by atoms with van der Waals surface area (Å²) in [6.45, 7) is 4.10. The van der Waals surface area contributed by atoms with Gasteiger partial charge in [0.1, 0.15) is 0 Å². The molecule has 24 heavy (non-hydrogen) atoms. The molecule has 1 saturated carbocycles. The molecule has 2 N–H and O–H groups in total. The maximum absolute atomic E-state index is 9.63. The molecule has 3 nitrogen and oxygen atoms in total. The van der Waals surface area contributed by atoms with E-state index in [1.54, 1.807) is 0 Å². The highest BCUT2D eigenvalue weighted by atomic mass is 16.3. The number of hydrogen-bond donors (Lipinski definition) is 2. The maximum atomic E-state index is 9.63. The molecule has 0 aliphatic heterocycles. The van der Waals surface area contributed by atoms with Gasteiger partial charge >= 0.3 is 0 Å². The van der Waals surface area contributed by atoms with Crippen LogP contribution in [0, 0.1) is 0 Å². The van der Waals surface area contributed by atoms with Crippen LogP contribution in [-0.2, 0) is 13.1 Å². The molecule has 3 aromatic rings. The van der Waals surface area contributed by atoms with Gasteiger partial charge in [-0.15, -0.1) is 0 Å². The lowest BCUT2D eigenvalue weighted by atomic mass is 9.93. The summed E-state index contributed by atoms with van der Waals surface area (Å²) in [5.41, 5.74) is 3.98. The van der Waals surface area contributed by atoms with Gasteiger partial charge in [-0.1, -0.05) is 24.3 Å². The number of benzene rings is 2. The van der Waals surface area contributed by atoms with Gasteiger partial charge < -0.3 is 15.0 Å². The summed E-state index contributed by atoms with van der Waals surface area (Å²) < 4.78 is 2.39. The lowest BCUT2D eigenvalue weighted by molar-refractivity contribution is 0.116. The Morgan fingerprint density at radius 1 is 1.00 bits per heavy atom. The highest BCUT2D eigenvalue weighted by Crippen LogP contribution is 2.29. The molecule has 1 aliphatic rings. The maximum Gasteiger partial charge on any atom is 0.0541 e. The molecule has 0 amide bonds. The Hall–Kier alpha value is -1.84. The van der Waals surface area contributed by atoms with E-state index in [-0.39, 0.29) is 6.10 Å². The normalized spacial score (nSPS) is 21.6. The summed E-state index contributed by atoms with van der Waals surface area (Å²) in [6, 6.07) is 16.1. The number of aliphatic hydroxyl groups is 1. The Morgan fingerprint density at radius 2 is 1.75 bits per heavy atom. The summed E-state index contributed by atoms with van der Waals surface area (Å²) >= 11 is 0. The van der Waals surface area contributed by atoms with E-state index < -0.39 is 0 Å². The third-order valence-corrected chi connectivity index (χ3v) is 5.44. The third-order valence-electron chi connectivity index (χ3n) is 5.44. The van der Waals surface area contributed by atoms with Crippen molar-refractivity contribution in [3.63, 3.8) is 0 Å². The number of rotatable bonds is 4. The second kappa shape index (κ2) is 6.58. The second-order valence-corrected chi connectivity index (χ2v) is 7.00. The fraction of sp³-hybridized carbons (Fsp3) is 0.429. The number of aliphatic hydroxyl groups excluding tert-OH is 1. The fourth-order valence-electron chi connectivity index (χ4n) is 4.09. The first-order valence-electron chi connectivity index (χ1n) is 9.17. The van der Waals surface area contributed by atoms with Crippen LogP contribution in [0.25, 0.3) is 21.8 Å². The van der Waals surface area contributed by atoms with Gasteiger partial charge in [0.2, 0.25) is 0 Å². The zero-order valence-corrected chi connectivity index (χ0v) is 14.3. The Labute approximate surface area is 143 Å². The van der Waals surface area contributed by atoms with E-state index in [1.807, 2.05) is 0 Å². The Kier molecular flexibility index (Phi) is 4.30. The molecule has 126 valence electrons. The first kappa shape index (κ1) is 15.7. The van der Waals surface area contributed by atoms with Gasteiger partial charge in [-0.25, -0.2) is 0 Å². The van der Waals surface area contributed by atoms with Crippen molar-refractivity contribution in [2.75, 3.05) is 0 Å². The summed E-state index contributed by atoms with van der Waals surface area (Å²) in [5.74, 6) is 0. The van der Waals surface area contributed by atoms with Crippen molar-refractivity contribution in [1.82, 2.24) is 9.88 Å². The molecule has 1 aliphatic carbocycles. The van der Waals surface area contributed by atoms with Crippen molar-refractivity contribution in [3.05, 3.63) is 48.0 Å². The zero-order valence-electron chi connectivity index (χ0n) is 14.3. The highest BCUT2D eigenvalue weighted by molar-refractivity contribution is 6.08. The Bertz CT molecular complexity index is 844. The van der Waals surface area contributed by atoms with Gasteiger partial charge in [-0.05, 0) is 56.4 Å². The van der Waals surface area contributed by atoms with Crippen molar-refractivity contribution in [1.29, 1.82) is 0 Å². The molecule has 0 atom stereocenters. The van der Waals surface area contributed by atoms with E-state index in [0.29, 0.717) is 6.04 Å². The van der Waals surface area contributed by atoms with Gasteiger partial charge in [0.15, 0.2) is 0 Å². The van der Waals surface area contributed by atoms with Crippen molar-refractivity contribution in [2.24, 2.45) is 0 Å². The second-order valence-electron chi connectivity index (χ2n) is 7.00. The SMILES string of the molecule is CCn1c2ccccc2c2cc(CNC3CCC(O)CC3)ccc21. The van der Waals surface area contributed by atoms with E-state index in [2.05, 4.69) is 59.3 Å². The first-order chi connectivity index (χ1) is 11.8. The monoisotopic (exact) mass is 322 g/mol. The van der Waals surface area contributed by atoms with Crippen LogP contribution in [0.3, 0.4) is 0 Å². The van der Waals surface area contributed by atoms with Crippen molar-refractivity contribution in [3.8, 4) is 0 Å². The molecule has 0 radical (unpaired) electrons. The molecule has 2 aromatic carbocycles. The number of fused-ring (bicyclic) bond motifs is 3. The minimum atomic E-state index is -0.0837. The molecule has 0 saturated heterocycles. The van der Waals surface area contributed by atoms with Gasteiger partial charge in [0.25, 0.3) is 0 Å². The minimum Gasteiger partial charge on any atom is -0.393 e. The summed E-state index contributed by atoms with van der Waals surface area (Å²) in [4.78, 5) is 0. The largest absolute Gasteiger partial charge is 0.393 e. The van der Waals surface area contributed by atoms with E-state index in [0.717, 1.165) is 38.8 Å². The quantitative estimate of drug-likeness (QED) is 0.755. The molecular formula is C21H26N2O. The molecular weight excluding hydrogens is 296 g/mol. The lowest BCUT2D eigenvalue weighted by Crippen LogP contribution is -2.34. The average Bonchev–Trinajstić information content (AvgIpc) is 2.94. The Balaban J connectivity index is 1.60. The number of para-hydroxylation sites is 1. The van der Waals surface area contributed by atoms with Crippen molar-refractivity contribution >= 4 is 21.8 Å². The number of nitrogens with one attached hydrogen (secondary N) is 1. The molecule has 0 bridgehead atoms. The van der Waals surface area contributed by atoms with Crippen LogP contribution in [0.5, 0.6) is 0 Å².